The zero-order chi connectivity index (χ0) is 30.6. The minimum Gasteiger partial charge on any atom is -0.368 e. The Morgan fingerprint density at radius 2 is 1.56 bits per heavy atom. The highest BCUT2D eigenvalue weighted by atomic mass is 32.2. The van der Waals surface area contributed by atoms with Crippen LogP contribution >= 0.6 is 0 Å². The van der Waals surface area contributed by atoms with Crippen LogP contribution < -0.4 is 11.2 Å². The molecule has 0 spiro atoms. The number of aryl methyl sites for hydroxylation is 1. The number of ether oxygens (including phenoxy) is 5. The summed E-state index contributed by atoms with van der Waals surface area (Å²) in [7, 11) is -4.15. The molecule has 3 aliphatic rings. The van der Waals surface area contributed by atoms with E-state index >= 15 is 0 Å². The Morgan fingerprint density at radius 1 is 0.930 bits per heavy atom. The summed E-state index contributed by atoms with van der Waals surface area (Å²) in [5, 5.41) is 0. The van der Waals surface area contributed by atoms with Crippen LogP contribution in [0, 0.1) is 6.92 Å². The molecule has 2 aliphatic heterocycles. The van der Waals surface area contributed by atoms with Gasteiger partial charge < -0.3 is 23.7 Å². The van der Waals surface area contributed by atoms with Crippen LogP contribution in [0.3, 0.4) is 0 Å². The highest BCUT2D eigenvalue weighted by molar-refractivity contribution is 7.86. The van der Waals surface area contributed by atoms with Crippen LogP contribution in [0.2, 0.25) is 0 Å². The fraction of sp³-hybridized carbons (Fsp3) is 0.467. The van der Waals surface area contributed by atoms with Crippen molar-refractivity contribution >= 4 is 10.1 Å². The number of nitrogens with one attached hydrogen (secondary N) is 1. The Bertz CT molecular complexity index is 1690. The van der Waals surface area contributed by atoms with Gasteiger partial charge in [-0.1, -0.05) is 60.7 Å². The third-order valence-corrected chi connectivity index (χ3v) is 8.50. The predicted octanol–water partition coefficient (Wildman–Crippen LogP) is 2.16. The van der Waals surface area contributed by atoms with Gasteiger partial charge in [0.15, 0.2) is 23.7 Å². The molecule has 13 heteroatoms. The van der Waals surface area contributed by atoms with Crippen molar-refractivity contribution in [2.24, 2.45) is 0 Å². The molecule has 0 radical (unpaired) electrons. The number of hydrogen-bond acceptors (Lipinski definition) is 10. The first-order valence-corrected chi connectivity index (χ1v) is 15.7. The first kappa shape index (κ1) is 29.9. The lowest BCUT2D eigenvalue weighted by Gasteiger charge is -2.38. The predicted molar refractivity (Wildman–Crippen MR) is 152 cm³/mol. The summed E-state index contributed by atoms with van der Waals surface area (Å²) in [6.07, 6.45) is -4.05. The van der Waals surface area contributed by atoms with Gasteiger partial charge in [-0.25, -0.2) is 4.79 Å². The SMILES string of the molecule is Cc1cn([C@@H]2O[C@@H]3[C@H](OCc4ccccc4)[C@@H]4OC(C)(C)O[C@@H]4[C@]3(OCc3ccccc3)[C@H]2OS(C)(=O)=O)c(=O)[nH]c1=O. The van der Waals surface area contributed by atoms with Crippen LogP contribution in [0.25, 0.3) is 0 Å². The minimum atomic E-state index is -4.15. The zero-order valence-electron chi connectivity index (χ0n) is 24.2. The number of fused-ring (bicyclic) bond motifs is 3. The van der Waals surface area contributed by atoms with Gasteiger partial charge in [0.25, 0.3) is 15.7 Å². The lowest BCUT2D eigenvalue weighted by molar-refractivity contribution is -0.230. The average molecular weight is 615 g/mol. The molecule has 6 rings (SSSR count). The minimum absolute atomic E-state index is 0.0367. The molecule has 0 bridgehead atoms. The van der Waals surface area contributed by atoms with Crippen LogP contribution in [-0.2, 0) is 51.2 Å². The highest BCUT2D eigenvalue weighted by Gasteiger charge is 2.77. The molecule has 43 heavy (non-hydrogen) atoms. The highest BCUT2D eigenvalue weighted by Crippen LogP contribution is 2.57. The Morgan fingerprint density at radius 3 is 2.19 bits per heavy atom. The fourth-order valence-electron chi connectivity index (χ4n) is 6.20. The smallest absolute Gasteiger partial charge is 0.330 e. The molecule has 1 aromatic heterocycles. The molecular weight excluding hydrogens is 580 g/mol. The molecule has 0 unspecified atom stereocenters. The topological polar surface area (TPSA) is 144 Å². The normalized spacial score (nSPS) is 31.2. The third kappa shape index (κ3) is 5.62. The Labute approximate surface area is 248 Å². The van der Waals surface area contributed by atoms with Crippen molar-refractivity contribution in [2.45, 2.75) is 82.1 Å². The van der Waals surface area contributed by atoms with Gasteiger partial charge in [-0.3, -0.25) is 18.5 Å². The molecule has 3 aromatic rings. The Kier molecular flexibility index (Phi) is 7.70. The maximum atomic E-state index is 13.1. The number of H-pyrrole nitrogens is 1. The van der Waals surface area contributed by atoms with Crippen molar-refractivity contribution in [3.8, 4) is 0 Å². The van der Waals surface area contributed by atoms with E-state index in [2.05, 4.69) is 4.98 Å². The van der Waals surface area contributed by atoms with Crippen molar-refractivity contribution in [3.05, 3.63) is 104 Å². The number of benzene rings is 2. The van der Waals surface area contributed by atoms with Crippen molar-refractivity contribution < 1.29 is 36.3 Å². The summed E-state index contributed by atoms with van der Waals surface area (Å²) in [6.45, 7) is 5.24. The van der Waals surface area contributed by atoms with E-state index in [4.69, 9.17) is 27.9 Å². The van der Waals surface area contributed by atoms with Gasteiger partial charge in [0.05, 0.1) is 19.5 Å². The van der Waals surface area contributed by atoms with E-state index in [-0.39, 0.29) is 18.8 Å². The molecule has 1 aliphatic carbocycles. The second-order valence-corrected chi connectivity index (χ2v) is 13.2. The van der Waals surface area contributed by atoms with Crippen molar-refractivity contribution in [1.29, 1.82) is 0 Å². The van der Waals surface area contributed by atoms with E-state index in [1.807, 2.05) is 60.7 Å². The van der Waals surface area contributed by atoms with Gasteiger partial charge in [-0.15, -0.1) is 0 Å². The number of aromatic nitrogens is 2. The lowest BCUT2D eigenvalue weighted by Crippen LogP contribution is -2.58. The van der Waals surface area contributed by atoms with Gasteiger partial charge in [0.2, 0.25) is 0 Å². The summed E-state index contributed by atoms with van der Waals surface area (Å²) in [5.74, 6) is -1.09. The molecule has 1 saturated carbocycles. The van der Waals surface area contributed by atoms with Crippen LogP contribution in [0.1, 0.15) is 36.8 Å². The van der Waals surface area contributed by atoms with E-state index in [0.29, 0.717) is 0 Å². The Balaban J connectivity index is 1.50. The summed E-state index contributed by atoms with van der Waals surface area (Å²) in [4.78, 5) is 27.6. The monoisotopic (exact) mass is 614 g/mol. The second kappa shape index (κ2) is 11.1. The van der Waals surface area contributed by atoms with Crippen LogP contribution in [0.4, 0.5) is 0 Å². The van der Waals surface area contributed by atoms with Crippen LogP contribution in [0.15, 0.2) is 76.4 Å². The lowest BCUT2D eigenvalue weighted by atomic mass is 9.90. The van der Waals surface area contributed by atoms with Gasteiger partial charge in [0, 0.05) is 11.8 Å². The van der Waals surface area contributed by atoms with E-state index in [1.54, 1.807) is 13.8 Å². The summed E-state index contributed by atoms with van der Waals surface area (Å²) >= 11 is 0. The molecule has 1 N–H and O–H groups in total. The van der Waals surface area contributed by atoms with E-state index < -0.39 is 69.5 Å². The average Bonchev–Trinajstić information content (AvgIpc) is 3.51. The molecule has 2 aromatic carbocycles. The summed E-state index contributed by atoms with van der Waals surface area (Å²) in [6, 6.07) is 18.8. The molecule has 3 fully saturated rings. The number of aromatic amines is 1. The maximum absolute atomic E-state index is 13.1. The van der Waals surface area contributed by atoms with Crippen molar-refractivity contribution in [2.75, 3.05) is 6.26 Å². The van der Waals surface area contributed by atoms with Gasteiger partial charge in [-0.2, -0.15) is 8.42 Å². The molecule has 7 atom stereocenters. The van der Waals surface area contributed by atoms with E-state index in [1.165, 1.54) is 13.1 Å². The van der Waals surface area contributed by atoms with E-state index in [0.717, 1.165) is 21.9 Å². The van der Waals surface area contributed by atoms with Gasteiger partial charge in [-0.05, 0) is 31.9 Å². The maximum Gasteiger partial charge on any atom is 0.330 e. The molecule has 3 heterocycles. The molecular formula is C30H34N2O10S. The standard InChI is InChI=1S/C30H34N2O10S/c1-18-15-32(28(34)31-26(18)33)27-25(42-43(4,35)36)30(38-17-20-13-9-6-10-14-20)23(39-27)21(22-24(30)41-29(2,3)40-22)37-16-19-11-7-5-8-12-19/h5-15,21-25,27H,16-17H2,1-4H3,(H,31,33,34)/t21-,22+,23-,24+,25+,27-,30+/m1/s1. The fourth-order valence-corrected chi connectivity index (χ4v) is 6.82. The molecule has 230 valence electrons. The molecule has 12 nitrogen and oxygen atoms in total. The first-order valence-electron chi connectivity index (χ1n) is 13.9. The summed E-state index contributed by atoms with van der Waals surface area (Å²) < 4.78 is 65.0. The van der Waals surface area contributed by atoms with Crippen LogP contribution in [0.5, 0.6) is 0 Å². The Hall–Kier alpha value is -3.17. The third-order valence-electron chi connectivity index (χ3n) is 7.95. The van der Waals surface area contributed by atoms with Crippen molar-refractivity contribution in [3.63, 3.8) is 0 Å². The summed E-state index contributed by atoms with van der Waals surface area (Å²) in [5.41, 5.74) is -1.10. The molecule has 0 amide bonds. The first-order chi connectivity index (χ1) is 20.4. The number of rotatable bonds is 9. The largest absolute Gasteiger partial charge is 0.368 e. The van der Waals surface area contributed by atoms with Crippen molar-refractivity contribution in [1.82, 2.24) is 9.55 Å². The molecule has 2 saturated heterocycles. The van der Waals surface area contributed by atoms with Gasteiger partial charge in [0.1, 0.15) is 24.4 Å². The quantitative estimate of drug-likeness (QED) is 0.356. The number of hydrogen-bond donors (Lipinski definition) is 1. The van der Waals surface area contributed by atoms with E-state index in [9.17, 15) is 18.0 Å². The van der Waals surface area contributed by atoms with Gasteiger partial charge >= 0.3 is 5.69 Å². The second-order valence-electron chi connectivity index (χ2n) is 11.6. The van der Waals surface area contributed by atoms with Crippen LogP contribution in [-0.4, -0.2) is 66.1 Å². The zero-order valence-corrected chi connectivity index (χ0v) is 25.0. The number of nitrogens with zero attached hydrogens (tertiary/aromatic N) is 1.